The van der Waals surface area contributed by atoms with Crippen LogP contribution in [0.1, 0.15) is 5.69 Å². The topological polar surface area (TPSA) is 90.1 Å². The number of sulfone groups is 1. The summed E-state index contributed by atoms with van der Waals surface area (Å²) in [6.45, 7) is 1.86. The Hall–Kier alpha value is -2.84. The van der Waals surface area contributed by atoms with E-state index in [1.807, 2.05) is 23.5 Å². The lowest BCUT2D eigenvalue weighted by Crippen LogP contribution is -2.05. The number of rotatable bonds is 3. The standard InChI is InChI=1S/C18H14ClN5O2S/c1-11-17-23-15(12-4-3-5-13(19)10-12)16(24(17)9-8-20-11)14-6-7-21-18(22-14)27(2,25)26/h3-10H,1-2H3. The molecule has 0 radical (unpaired) electrons. The van der Waals surface area contributed by atoms with Gasteiger partial charge in [0.25, 0.3) is 0 Å². The zero-order valence-electron chi connectivity index (χ0n) is 14.5. The Bertz CT molecular complexity index is 1280. The minimum absolute atomic E-state index is 0.238. The average molecular weight is 400 g/mol. The van der Waals surface area contributed by atoms with Gasteiger partial charge < -0.3 is 0 Å². The van der Waals surface area contributed by atoms with Crippen LogP contribution in [0.4, 0.5) is 0 Å². The first-order valence-electron chi connectivity index (χ1n) is 7.97. The average Bonchev–Trinajstić information content (AvgIpc) is 3.02. The van der Waals surface area contributed by atoms with Crippen molar-refractivity contribution in [1.29, 1.82) is 0 Å². The van der Waals surface area contributed by atoms with E-state index in [4.69, 9.17) is 16.6 Å². The molecule has 0 amide bonds. The highest BCUT2D eigenvalue weighted by Gasteiger charge is 2.20. The molecule has 4 aromatic rings. The van der Waals surface area contributed by atoms with Crippen LogP contribution < -0.4 is 0 Å². The fourth-order valence-corrected chi connectivity index (χ4v) is 3.54. The highest BCUT2D eigenvalue weighted by Crippen LogP contribution is 2.33. The van der Waals surface area contributed by atoms with Crippen molar-refractivity contribution >= 4 is 27.1 Å². The van der Waals surface area contributed by atoms with E-state index >= 15 is 0 Å². The predicted molar refractivity (Wildman–Crippen MR) is 102 cm³/mol. The number of fused-ring (bicyclic) bond motifs is 1. The van der Waals surface area contributed by atoms with Crippen LogP contribution in [-0.4, -0.2) is 39.0 Å². The minimum Gasteiger partial charge on any atom is -0.295 e. The van der Waals surface area contributed by atoms with Crippen LogP contribution in [0.25, 0.3) is 28.3 Å². The molecule has 136 valence electrons. The van der Waals surface area contributed by atoms with E-state index in [1.54, 1.807) is 30.6 Å². The number of hydrogen-bond donors (Lipinski definition) is 0. The van der Waals surface area contributed by atoms with Gasteiger partial charge in [0, 0.05) is 35.4 Å². The summed E-state index contributed by atoms with van der Waals surface area (Å²) in [4.78, 5) is 17.1. The van der Waals surface area contributed by atoms with Crippen LogP contribution in [0.2, 0.25) is 5.02 Å². The smallest absolute Gasteiger partial charge is 0.247 e. The monoisotopic (exact) mass is 399 g/mol. The summed E-state index contributed by atoms with van der Waals surface area (Å²) in [5.41, 5.74) is 3.90. The van der Waals surface area contributed by atoms with E-state index in [0.29, 0.717) is 27.8 Å². The predicted octanol–water partition coefficient (Wildman–Crippen LogP) is 3.22. The van der Waals surface area contributed by atoms with E-state index in [2.05, 4.69) is 15.0 Å². The number of aromatic nitrogens is 5. The number of imidazole rings is 1. The maximum absolute atomic E-state index is 11.9. The SMILES string of the molecule is Cc1nccn2c(-c3ccnc(S(C)(=O)=O)n3)c(-c3cccc(Cl)c3)nc12. The quantitative estimate of drug-likeness (QED) is 0.491. The first-order valence-corrected chi connectivity index (χ1v) is 10.2. The van der Waals surface area contributed by atoms with Gasteiger partial charge in [-0.25, -0.2) is 23.4 Å². The van der Waals surface area contributed by atoms with E-state index in [9.17, 15) is 8.42 Å². The third-order valence-electron chi connectivity index (χ3n) is 4.02. The number of aryl methyl sites for hydroxylation is 1. The second-order valence-corrected chi connectivity index (χ2v) is 8.37. The molecule has 0 N–H and O–H groups in total. The molecule has 3 aromatic heterocycles. The van der Waals surface area contributed by atoms with Crippen LogP contribution in [-0.2, 0) is 9.84 Å². The summed E-state index contributed by atoms with van der Waals surface area (Å²) in [6.07, 6.45) is 5.93. The Morgan fingerprint density at radius 3 is 2.63 bits per heavy atom. The molecule has 0 fully saturated rings. The van der Waals surface area contributed by atoms with Crippen LogP contribution in [0, 0.1) is 6.92 Å². The van der Waals surface area contributed by atoms with Gasteiger partial charge in [0.05, 0.1) is 22.8 Å². The summed E-state index contributed by atoms with van der Waals surface area (Å²) in [7, 11) is -3.55. The lowest BCUT2D eigenvalue weighted by atomic mass is 10.1. The van der Waals surface area contributed by atoms with Crippen LogP contribution >= 0.6 is 11.6 Å². The number of nitrogens with zero attached hydrogens (tertiary/aromatic N) is 5. The number of hydrogen-bond acceptors (Lipinski definition) is 6. The van der Waals surface area contributed by atoms with Gasteiger partial charge in [-0.2, -0.15) is 0 Å². The summed E-state index contributed by atoms with van der Waals surface area (Å²) in [6, 6.07) is 8.95. The van der Waals surface area contributed by atoms with E-state index < -0.39 is 9.84 Å². The van der Waals surface area contributed by atoms with Crippen molar-refractivity contribution in [3.63, 3.8) is 0 Å². The van der Waals surface area contributed by atoms with Gasteiger partial charge in [-0.1, -0.05) is 23.7 Å². The molecule has 7 nitrogen and oxygen atoms in total. The summed E-state index contributed by atoms with van der Waals surface area (Å²) >= 11 is 6.16. The summed E-state index contributed by atoms with van der Waals surface area (Å²) in [5.74, 6) is 0. The van der Waals surface area contributed by atoms with Crippen molar-refractivity contribution < 1.29 is 8.42 Å². The first kappa shape index (κ1) is 17.6. The lowest BCUT2D eigenvalue weighted by Gasteiger charge is -2.06. The van der Waals surface area contributed by atoms with Crippen molar-refractivity contribution in [1.82, 2.24) is 24.3 Å². The third kappa shape index (κ3) is 3.17. The van der Waals surface area contributed by atoms with Crippen molar-refractivity contribution in [3.8, 4) is 22.6 Å². The number of benzene rings is 1. The molecule has 0 unspecified atom stereocenters. The van der Waals surface area contributed by atoms with Crippen LogP contribution in [0.5, 0.6) is 0 Å². The fraction of sp³-hybridized carbons (Fsp3) is 0.111. The summed E-state index contributed by atoms with van der Waals surface area (Å²) in [5, 5.41) is 0.336. The van der Waals surface area contributed by atoms with Crippen molar-refractivity contribution in [3.05, 3.63) is 59.6 Å². The van der Waals surface area contributed by atoms with E-state index in [1.165, 1.54) is 6.20 Å². The molecule has 4 rings (SSSR count). The molecule has 0 atom stereocenters. The van der Waals surface area contributed by atoms with Crippen LogP contribution in [0.3, 0.4) is 0 Å². The van der Waals surface area contributed by atoms with Crippen LogP contribution in [0.15, 0.2) is 54.1 Å². The van der Waals surface area contributed by atoms with Gasteiger partial charge in [-0.05, 0) is 25.1 Å². The zero-order valence-corrected chi connectivity index (χ0v) is 16.0. The highest BCUT2D eigenvalue weighted by atomic mass is 35.5. The summed E-state index contributed by atoms with van der Waals surface area (Å²) < 4.78 is 25.6. The van der Waals surface area contributed by atoms with Crippen molar-refractivity contribution in [2.24, 2.45) is 0 Å². The Kier molecular flexibility index (Phi) is 4.16. The Labute approximate surface area is 160 Å². The molecule has 0 spiro atoms. The molecule has 0 saturated heterocycles. The molecule has 0 bridgehead atoms. The van der Waals surface area contributed by atoms with Crippen molar-refractivity contribution in [2.75, 3.05) is 6.26 Å². The van der Waals surface area contributed by atoms with Gasteiger partial charge >= 0.3 is 0 Å². The maximum Gasteiger partial charge on any atom is 0.247 e. The van der Waals surface area contributed by atoms with Gasteiger partial charge in [0.2, 0.25) is 15.0 Å². The third-order valence-corrected chi connectivity index (χ3v) is 5.12. The van der Waals surface area contributed by atoms with Crippen molar-refractivity contribution in [2.45, 2.75) is 12.1 Å². The minimum atomic E-state index is -3.55. The Balaban J connectivity index is 2.08. The maximum atomic E-state index is 11.9. The zero-order chi connectivity index (χ0) is 19.2. The highest BCUT2D eigenvalue weighted by molar-refractivity contribution is 7.90. The molecule has 27 heavy (non-hydrogen) atoms. The Morgan fingerprint density at radius 1 is 1.07 bits per heavy atom. The molecule has 0 aliphatic rings. The largest absolute Gasteiger partial charge is 0.295 e. The molecule has 3 heterocycles. The molecular weight excluding hydrogens is 386 g/mol. The van der Waals surface area contributed by atoms with Gasteiger partial charge in [-0.3, -0.25) is 9.38 Å². The molecular formula is C18H14ClN5O2S. The first-order chi connectivity index (χ1) is 12.8. The van der Waals surface area contributed by atoms with E-state index in [0.717, 1.165) is 17.5 Å². The normalized spacial score (nSPS) is 11.8. The second-order valence-electron chi connectivity index (χ2n) is 6.02. The Morgan fingerprint density at radius 2 is 1.89 bits per heavy atom. The molecule has 9 heteroatoms. The molecule has 0 saturated carbocycles. The number of halogens is 1. The molecule has 1 aromatic carbocycles. The fourth-order valence-electron chi connectivity index (χ4n) is 2.84. The van der Waals surface area contributed by atoms with Gasteiger partial charge in [0.15, 0.2) is 5.65 Å². The van der Waals surface area contributed by atoms with Gasteiger partial charge in [-0.15, -0.1) is 0 Å². The van der Waals surface area contributed by atoms with E-state index in [-0.39, 0.29) is 5.16 Å². The second kappa shape index (κ2) is 6.40. The lowest BCUT2D eigenvalue weighted by molar-refractivity contribution is 0.593. The molecule has 0 aliphatic heterocycles. The van der Waals surface area contributed by atoms with Gasteiger partial charge in [0.1, 0.15) is 0 Å². The molecule has 0 aliphatic carbocycles.